The zero-order chi connectivity index (χ0) is 28.2. The number of carbonyl (C=O) groups is 1. The molecular weight excluding hydrogens is 544 g/mol. The predicted octanol–water partition coefficient (Wildman–Crippen LogP) is 5.32. The van der Waals surface area contributed by atoms with E-state index in [1.807, 2.05) is 0 Å². The van der Waals surface area contributed by atoms with Gasteiger partial charge in [-0.05, 0) is 42.5 Å². The Hall–Kier alpha value is -4.68. The second-order valence-corrected chi connectivity index (χ2v) is 8.96. The van der Waals surface area contributed by atoms with E-state index in [1.54, 1.807) is 30.3 Å². The van der Waals surface area contributed by atoms with Crippen molar-refractivity contribution in [1.29, 1.82) is 0 Å². The molecular formula is C27H22ClF2N7O3. The van der Waals surface area contributed by atoms with E-state index in [0.717, 1.165) is 0 Å². The van der Waals surface area contributed by atoms with Crippen molar-refractivity contribution in [3.63, 3.8) is 0 Å². The number of pyridine rings is 1. The van der Waals surface area contributed by atoms with E-state index in [2.05, 4.69) is 30.2 Å². The first kappa shape index (κ1) is 26.9. The largest absolute Gasteiger partial charge is 0.478 e. The number of alkyl halides is 2. The highest BCUT2D eigenvalue weighted by Gasteiger charge is 2.19. The molecule has 0 amide bonds. The quantitative estimate of drug-likeness (QED) is 0.176. The van der Waals surface area contributed by atoms with Gasteiger partial charge in [-0.3, -0.25) is 0 Å². The smallest absolute Gasteiger partial charge is 0.337 e. The highest BCUT2D eigenvalue weighted by molar-refractivity contribution is 6.33. The van der Waals surface area contributed by atoms with Crippen LogP contribution in [0.2, 0.25) is 5.02 Å². The predicted molar refractivity (Wildman–Crippen MR) is 146 cm³/mol. The molecule has 0 aliphatic carbocycles. The Labute approximate surface area is 231 Å². The number of nitrogens with one attached hydrogen (secondary N) is 2. The zero-order valence-electron chi connectivity index (χ0n) is 20.7. The molecule has 0 aliphatic heterocycles. The summed E-state index contributed by atoms with van der Waals surface area (Å²) in [5, 5.41) is 12.6. The van der Waals surface area contributed by atoms with E-state index >= 15 is 0 Å². The second-order valence-electron chi connectivity index (χ2n) is 8.56. The van der Waals surface area contributed by atoms with Gasteiger partial charge in [0.25, 0.3) is 6.43 Å². The molecule has 0 atom stereocenters. The third-order valence-electron chi connectivity index (χ3n) is 5.82. The number of nitrogens with two attached hydrogens (primary N) is 1. The number of hydrogen-bond acceptors (Lipinski definition) is 8. The number of carboxylic acids is 1. The molecule has 3 aromatic heterocycles. The van der Waals surface area contributed by atoms with Gasteiger partial charge in [-0.25, -0.2) is 33.5 Å². The number of anilines is 1. The fourth-order valence-electron chi connectivity index (χ4n) is 3.97. The van der Waals surface area contributed by atoms with Crippen molar-refractivity contribution in [2.45, 2.75) is 13.0 Å². The van der Waals surface area contributed by atoms with E-state index < -0.39 is 12.4 Å². The fraction of sp³-hybridized carbons (Fsp3) is 0.148. The average molecular weight is 566 g/mol. The van der Waals surface area contributed by atoms with Crippen LogP contribution in [0.15, 0.2) is 60.8 Å². The number of ether oxygens (including phenoxy) is 1. The number of benzene rings is 2. The molecule has 5 rings (SSSR count). The first-order valence-corrected chi connectivity index (χ1v) is 12.4. The Kier molecular flexibility index (Phi) is 7.80. The molecule has 0 radical (unpaired) electrons. The Bertz CT molecular complexity index is 1700. The van der Waals surface area contributed by atoms with Crippen molar-refractivity contribution in [1.82, 2.24) is 24.9 Å². The van der Waals surface area contributed by atoms with Gasteiger partial charge in [-0.15, -0.1) is 0 Å². The number of imidazole rings is 1. The van der Waals surface area contributed by atoms with Crippen LogP contribution in [0.1, 0.15) is 28.3 Å². The van der Waals surface area contributed by atoms with Crippen molar-refractivity contribution < 1.29 is 23.4 Å². The van der Waals surface area contributed by atoms with Crippen molar-refractivity contribution >= 4 is 34.3 Å². The lowest BCUT2D eigenvalue weighted by Crippen LogP contribution is -2.11. The van der Waals surface area contributed by atoms with Gasteiger partial charge in [0.05, 0.1) is 45.7 Å². The Balaban J connectivity index is 1.54. The number of H-pyrrole nitrogens is 1. The molecule has 10 nitrogen and oxygen atoms in total. The van der Waals surface area contributed by atoms with Crippen LogP contribution in [0, 0.1) is 0 Å². The lowest BCUT2D eigenvalue weighted by atomic mass is 10.1. The van der Waals surface area contributed by atoms with E-state index in [9.17, 15) is 18.7 Å². The summed E-state index contributed by atoms with van der Waals surface area (Å²) in [6, 6.07) is 14.2. The average Bonchev–Trinajstić information content (AvgIpc) is 3.39. The SMILES string of the molecule is NCCOc1cnc2ccc(-c3[nH]c(CNc4ccc(Cl)c(C(=O)O)c4)nc3-c3cccc(C(F)F)n3)cc2n1. The van der Waals surface area contributed by atoms with Gasteiger partial charge < -0.3 is 25.9 Å². The standard InChI is InChI=1S/C27H22ClF2N7O3/c28-17-6-5-15(11-16(17)27(38)39)32-12-22-36-24(25(37-22)19-2-1-3-20(34-19)26(29)30)14-4-7-18-21(10-14)35-23(13-33-18)40-9-8-31/h1-7,10-11,13,26,32H,8-9,12,31H2,(H,36,37)(H,38,39). The lowest BCUT2D eigenvalue weighted by Gasteiger charge is -2.07. The summed E-state index contributed by atoms with van der Waals surface area (Å²) in [7, 11) is 0. The zero-order valence-corrected chi connectivity index (χ0v) is 21.5. The maximum atomic E-state index is 13.4. The first-order chi connectivity index (χ1) is 19.3. The molecule has 0 spiro atoms. The molecule has 3 heterocycles. The molecule has 2 aromatic carbocycles. The highest BCUT2D eigenvalue weighted by atomic mass is 35.5. The minimum Gasteiger partial charge on any atom is -0.478 e. The lowest BCUT2D eigenvalue weighted by molar-refractivity contribution is 0.0697. The number of fused-ring (bicyclic) bond motifs is 1. The minimum absolute atomic E-state index is 0.0485. The molecule has 0 saturated carbocycles. The van der Waals surface area contributed by atoms with Crippen LogP contribution in [0.5, 0.6) is 5.88 Å². The number of rotatable bonds is 10. The number of halogens is 3. The molecule has 5 aromatic rings. The van der Waals surface area contributed by atoms with Crippen LogP contribution in [-0.2, 0) is 6.54 Å². The summed E-state index contributed by atoms with van der Waals surface area (Å²) >= 11 is 5.97. The normalized spacial score (nSPS) is 11.2. The monoisotopic (exact) mass is 565 g/mol. The van der Waals surface area contributed by atoms with Crippen molar-refractivity contribution in [3.05, 3.63) is 82.9 Å². The van der Waals surface area contributed by atoms with Gasteiger partial charge in [0.15, 0.2) is 0 Å². The van der Waals surface area contributed by atoms with Crippen LogP contribution >= 0.6 is 11.6 Å². The molecule has 0 fully saturated rings. The summed E-state index contributed by atoms with van der Waals surface area (Å²) in [5.41, 5.74) is 8.55. The van der Waals surface area contributed by atoms with Crippen molar-refractivity contribution in [3.8, 4) is 28.5 Å². The van der Waals surface area contributed by atoms with E-state index in [1.165, 1.54) is 30.5 Å². The highest BCUT2D eigenvalue weighted by Crippen LogP contribution is 2.32. The van der Waals surface area contributed by atoms with E-state index in [4.69, 9.17) is 22.1 Å². The van der Waals surface area contributed by atoms with Crippen LogP contribution < -0.4 is 15.8 Å². The Morgan fingerprint density at radius 1 is 1.10 bits per heavy atom. The summed E-state index contributed by atoms with van der Waals surface area (Å²) in [5.74, 6) is -0.385. The maximum Gasteiger partial charge on any atom is 0.337 e. The van der Waals surface area contributed by atoms with Gasteiger partial charge in [-0.2, -0.15) is 0 Å². The minimum atomic E-state index is -2.75. The number of aromatic nitrogens is 5. The van der Waals surface area contributed by atoms with Gasteiger partial charge in [-0.1, -0.05) is 23.7 Å². The van der Waals surface area contributed by atoms with Crippen LogP contribution in [0.4, 0.5) is 14.5 Å². The summed E-state index contributed by atoms with van der Waals surface area (Å²) in [6.45, 7) is 0.772. The van der Waals surface area contributed by atoms with Crippen LogP contribution in [0.3, 0.4) is 0 Å². The molecule has 204 valence electrons. The van der Waals surface area contributed by atoms with Crippen LogP contribution in [-0.4, -0.2) is 49.1 Å². The van der Waals surface area contributed by atoms with Gasteiger partial charge >= 0.3 is 5.97 Å². The molecule has 40 heavy (non-hydrogen) atoms. The molecule has 5 N–H and O–H groups in total. The van der Waals surface area contributed by atoms with E-state index in [-0.39, 0.29) is 35.1 Å². The van der Waals surface area contributed by atoms with Gasteiger partial charge in [0.1, 0.15) is 23.8 Å². The van der Waals surface area contributed by atoms with Crippen molar-refractivity contribution in [2.24, 2.45) is 5.73 Å². The molecule has 0 saturated heterocycles. The molecule has 13 heteroatoms. The van der Waals surface area contributed by atoms with E-state index in [0.29, 0.717) is 51.9 Å². The second kappa shape index (κ2) is 11.6. The van der Waals surface area contributed by atoms with Gasteiger partial charge in [0, 0.05) is 17.8 Å². The summed E-state index contributed by atoms with van der Waals surface area (Å²) in [4.78, 5) is 32.3. The summed E-state index contributed by atoms with van der Waals surface area (Å²) < 4.78 is 32.4. The Morgan fingerprint density at radius 2 is 1.95 bits per heavy atom. The van der Waals surface area contributed by atoms with Crippen LogP contribution in [0.25, 0.3) is 33.7 Å². The number of hydrogen-bond donors (Lipinski definition) is 4. The maximum absolute atomic E-state index is 13.4. The topological polar surface area (TPSA) is 152 Å². The number of carboxylic acid groups (broad SMARTS) is 1. The van der Waals surface area contributed by atoms with Crippen molar-refractivity contribution in [2.75, 3.05) is 18.5 Å². The molecule has 0 unspecified atom stereocenters. The summed E-state index contributed by atoms with van der Waals surface area (Å²) in [6.07, 6.45) is -1.24. The molecule has 0 aliphatic rings. The molecule has 0 bridgehead atoms. The number of nitrogens with zero attached hydrogens (tertiary/aromatic N) is 4. The third kappa shape index (κ3) is 5.82. The fourth-order valence-corrected chi connectivity index (χ4v) is 4.17. The third-order valence-corrected chi connectivity index (χ3v) is 6.15. The Morgan fingerprint density at radius 3 is 2.73 bits per heavy atom. The van der Waals surface area contributed by atoms with Gasteiger partial charge in [0.2, 0.25) is 5.88 Å². The number of aromatic amines is 1. The number of aromatic carboxylic acids is 1. The first-order valence-electron chi connectivity index (χ1n) is 12.0.